The van der Waals surface area contributed by atoms with E-state index in [-0.39, 0.29) is 11.9 Å². The van der Waals surface area contributed by atoms with Crippen LogP contribution in [0.2, 0.25) is 10.0 Å². The van der Waals surface area contributed by atoms with Gasteiger partial charge in [0.05, 0.1) is 6.04 Å². The van der Waals surface area contributed by atoms with Gasteiger partial charge >= 0.3 is 0 Å². The van der Waals surface area contributed by atoms with Crippen LogP contribution in [-0.4, -0.2) is 5.91 Å². The molecule has 0 heterocycles. The van der Waals surface area contributed by atoms with Crippen LogP contribution in [0.1, 0.15) is 41.6 Å². The third kappa shape index (κ3) is 4.98. The van der Waals surface area contributed by atoms with Crippen LogP contribution < -0.4 is 5.32 Å². The van der Waals surface area contributed by atoms with Crippen LogP contribution in [0.25, 0.3) is 0 Å². The minimum absolute atomic E-state index is 0.0110. The lowest BCUT2D eigenvalue weighted by Gasteiger charge is -2.17. The Kier molecular flexibility index (Phi) is 6.09. The number of amides is 1. The molecule has 0 saturated carbocycles. The van der Waals surface area contributed by atoms with Gasteiger partial charge in [0.25, 0.3) is 0 Å². The van der Waals surface area contributed by atoms with Gasteiger partial charge in [-0.05, 0) is 56.0 Å². The molecule has 2 aromatic carbocycles. The Balaban J connectivity index is 1.95. The maximum Gasteiger partial charge on any atom is 0.220 e. The lowest BCUT2D eigenvalue weighted by molar-refractivity contribution is -0.121. The van der Waals surface area contributed by atoms with Crippen LogP contribution in [-0.2, 0) is 11.2 Å². The monoisotopic (exact) mass is 349 g/mol. The van der Waals surface area contributed by atoms with Crippen molar-refractivity contribution in [3.8, 4) is 0 Å². The van der Waals surface area contributed by atoms with Crippen LogP contribution in [0.4, 0.5) is 0 Å². The lowest BCUT2D eigenvalue weighted by Crippen LogP contribution is -2.27. The molecular formula is C19H21Cl2NO. The van der Waals surface area contributed by atoms with Crippen molar-refractivity contribution in [3.63, 3.8) is 0 Å². The first-order valence-electron chi connectivity index (χ1n) is 7.67. The zero-order valence-corrected chi connectivity index (χ0v) is 15.1. The number of halogens is 2. The van der Waals surface area contributed by atoms with Gasteiger partial charge in [-0.15, -0.1) is 0 Å². The highest BCUT2D eigenvalue weighted by Gasteiger charge is 2.12. The number of hydrogen-bond donors (Lipinski definition) is 1. The Hall–Kier alpha value is -1.51. The molecule has 1 atom stereocenters. The molecule has 0 spiro atoms. The van der Waals surface area contributed by atoms with Gasteiger partial charge in [0.15, 0.2) is 0 Å². The van der Waals surface area contributed by atoms with E-state index in [1.807, 2.05) is 13.0 Å². The number of rotatable bonds is 5. The Morgan fingerprint density at radius 3 is 2.57 bits per heavy atom. The Bertz CT molecular complexity index is 713. The zero-order valence-electron chi connectivity index (χ0n) is 13.6. The second kappa shape index (κ2) is 7.85. The lowest BCUT2D eigenvalue weighted by atomic mass is 10.00. The number of carbonyl (C=O) groups is 1. The highest BCUT2D eigenvalue weighted by atomic mass is 35.5. The summed E-state index contributed by atoms with van der Waals surface area (Å²) in [7, 11) is 0. The topological polar surface area (TPSA) is 29.1 Å². The van der Waals surface area contributed by atoms with Gasteiger partial charge in [-0.25, -0.2) is 0 Å². The molecule has 2 rings (SSSR count). The van der Waals surface area contributed by atoms with E-state index >= 15 is 0 Å². The minimum atomic E-state index is -0.0110. The largest absolute Gasteiger partial charge is 0.350 e. The van der Waals surface area contributed by atoms with Crippen molar-refractivity contribution in [3.05, 3.63) is 68.7 Å². The Morgan fingerprint density at radius 1 is 1.13 bits per heavy atom. The molecule has 0 aliphatic rings. The minimum Gasteiger partial charge on any atom is -0.350 e. The van der Waals surface area contributed by atoms with Crippen molar-refractivity contribution in [1.29, 1.82) is 0 Å². The van der Waals surface area contributed by atoms with Crippen molar-refractivity contribution < 1.29 is 4.79 Å². The van der Waals surface area contributed by atoms with Gasteiger partial charge in [-0.3, -0.25) is 4.79 Å². The van der Waals surface area contributed by atoms with Gasteiger partial charge in [0.1, 0.15) is 0 Å². The average Bonchev–Trinajstić information content (AvgIpc) is 2.48. The summed E-state index contributed by atoms with van der Waals surface area (Å²) in [5.74, 6) is 0.0180. The molecule has 1 N–H and O–H groups in total. The first-order chi connectivity index (χ1) is 10.9. The van der Waals surface area contributed by atoms with Crippen LogP contribution in [0.15, 0.2) is 36.4 Å². The molecule has 2 aromatic rings. The summed E-state index contributed by atoms with van der Waals surface area (Å²) in [4.78, 5) is 12.2. The maximum atomic E-state index is 12.2. The van der Waals surface area contributed by atoms with Gasteiger partial charge in [0, 0.05) is 16.5 Å². The fourth-order valence-corrected chi connectivity index (χ4v) is 3.09. The van der Waals surface area contributed by atoms with E-state index in [0.29, 0.717) is 22.9 Å². The first-order valence-corrected chi connectivity index (χ1v) is 8.43. The van der Waals surface area contributed by atoms with Gasteiger partial charge in [0.2, 0.25) is 5.91 Å². The summed E-state index contributed by atoms with van der Waals surface area (Å²) < 4.78 is 0. The number of aryl methyl sites for hydroxylation is 3. The third-order valence-corrected chi connectivity index (χ3v) is 4.50. The molecule has 0 radical (unpaired) electrons. The van der Waals surface area contributed by atoms with E-state index in [4.69, 9.17) is 23.2 Å². The van der Waals surface area contributed by atoms with Gasteiger partial charge < -0.3 is 5.32 Å². The molecule has 23 heavy (non-hydrogen) atoms. The standard InChI is InChI=1S/C19H21Cl2NO/c1-12-4-5-13(2)17(10-12)14(3)22-19(23)9-7-15-6-8-16(20)11-18(15)21/h4-6,8,10-11,14H,7,9H2,1-3H3,(H,22,23)/t14-/m1/s1. The van der Waals surface area contributed by atoms with Crippen LogP contribution in [0.3, 0.4) is 0 Å². The summed E-state index contributed by atoms with van der Waals surface area (Å²) in [5.41, 5.74) is 4.47. The van der Waals surface area contributed by atoms with Crippen LogP contribution in [0.5, 0.6) is 0 Å². The summed E-state index contributed by atoms with van der Waals surface area (Å²) in [6.07, 6.45) is 0.998. The van der Waals surface area contributed by atoms with Crippen LogP contribution >= 0.6 is 23.2 Å². The molecule has 0 saturated heterocycles. The van der Waals surface area contributed by atoms with Crippen molar-refractivity contribution in [2.24, 2.45) is 0 Å². The molecule has 0 bridgehead atoms. The number of benzene rings is 2. The third-order valence-electron chi connectivity index (χ3n) is 3.92. The van der Waals surface area contributed by atoms with Crippen molar-refractivity contribution in [1.82, 2.24) is 5.32 Å². The highest BCUT2D eigenvalue weighted by molar-refractivity contribution is 6.35. The molecule has 2 nitrogen and oxygen atoms in total. The predicted octanol–water partition coefficient (Wildman–Crippen LogP) is 5.42. The van der Waals surface area contributed by atoms with Gasteiger partial charge in [-0.2, -0.15) is 0 Å². The van der Waals surface area contributed by atoms with E-state index < -0.39 is 0 Å². The van der Waals surface area contributed by atoms with E-state index in [1.165, 1.54) is 11.1 Å². The second-order valence-electron chi connectivity index (χ2n) is 5.88. The molecule has 122 valence electrons. The molecule has 0 aliphatic heterocycles. The SMILES string of the molecule is Cc1ccc(C)c([C@@H](C)NC(=O)CCc2ccc(Cl)cc2Cl)c1. The second-order valence-corrected chi connectivity index (χ2v) is 6.73. The number of carbonyl (C=O) groups excluding carboxylic acids is 1. The Labute approximate surface area is 147 Å². The van der Waals surface area contributed by atoms with E-state index in [9.17, 15) is 4.79 Å². The summed E-state index contributed by atoms with van der Waals surface area (Å²) in [6.45, 7) is 6.12. The summed E-state index contributed by atoms with van der Waals surface area (Å²) in [6, 6.07) is 11.6. The molecule has 0 fully saturated rings. The quantitative estimate of drug-likeness (QED) is 0.766. The van der Waals surface area contributed by atoms with Crippen LogP contribution in [0, 0.1) is 13.8 Å². The smallest absolute Gasteiger partial charge is 0.220 e. The normalized spacial score (nSPS) is 12.0. The van der Waals surface area contributed by atoms with E-state index in [0.717, 1.165) is 11.1 Å². The van der Waals surface area contributed by atoms with Gasteiger partial charge in [-0.1, -0.05) is 53.0 Å². The summed E-state index contributed by atoms with van der Waals surface area (Å²) in [5, 5.41) is 4.27. The molecule has 0 unspecified atom stereocenters. The van der Waals surface area contributed by atoms with E-state index in [2.05, 4.69) is 37.4 Å². The van der Waals surface area contributed by atoms with E-state index in [1.54, 1.807) is 12.1 Å². The number of nitrogens with one attached hydrogen (secondary N) is 1. The predicted molar refractivity (Wildman–Crippen MR) is 97.3 cm³/mol. The van der Waals surface area contributed by atoms with Crippen molar-refractivity contribution >= 4 is 29.1 Å². The zero-order chi connectivity index (χ0) is 17.0. The highest BCUT2D eigenvalue weighted by Crippen LogP contribution is 2.23. The Morgan fingerprint density at radius 2 is 1.87 bits per heavy atom. The van der Waals surface area contributed by atoms with Crippen molar-refractivity contribution in [2.45, 2.75) is 39.7 Å². The molecular weight excluding hydrogens is 329 g/mol. The molecule has 0 aromatic heterocycles. The first kappa shape index (κ1) is 17.8. The number of hydrogen-bond acceptors (Lipinski definition) is 1. The fraction of sp³-hybridized carbons (Fsp3) is 0.316. The average molecular weight is 350 g/mol. The molecule has 1 amide bonds. The maximum absolute atomic E-state index is 12.2. The molecule has 0 aliphatic carbocycles. The summed E-state index contributed by atoms with van der Waals surface area (Å²) >= 11 is 12.0. The fourth-order valence-electron chi connectivity index (χ4n) is 2.59. The van der Waals surface area contributed by atoms with Crippen molar-refractivity contribution in [2.75, 3.05) is 0 Å². The molecule has 4 heteroatoms.